The molecule has 35 heavy (non-hydrogen) atoms. The highest BCUT2D eigenvalue weighted by Gasteiger charge is 2.40. The summed E-state index contributed by atoms with van der Waals surface area (Å²) in [5.74, 6) is -0.621. The molecule has 1 aliphatic rings. The van der Waals surface area contributed by atoms with Gasteiger partial charge in [-0.05, 0) is 42.3 Å². The first-order chi connectivity index (χ1) is 16.4. The van der Waals surface area contributed by atoms with Crippen LogP contribution in [0.4, 0.5) is 26.3 Å². The van der Waals surface area contributed by atoms with Crippen LogP contribution in [0.5, 0.6) is 0 Å². The fraction of sp³-hybridized carbons (Fsp3) is 0.435. The standard InChI is InChI=1S/C23H25F6N3O3/c24-22(25,26)16-10-14(11-17(12-16)23(27,28)29)13-35-21-19(15-4-2-1-3-5-15)32(8-9-34-21)18(6-7-30)20(31)33/h1-5,10-12,18-19,21H,6-9,13,30H2,(H2,31,33)/t18?,19-,21+/m0/s1. The number of hydrogen-bond donors (Lipinski definition) is 2. The highest BCUT2D eigenvalue weighted by Crippen LogP contribution is 2.37. The van der Waals surface area contributed by atoms with Crippen LogP contribution < -0.4 is 11.5 Å². The van der Waals surface area contributed by atoms with Gasteiger partial charge in [-0.2, -0.15) is 26.3 Å². The van der Waals surface area contributed by atoms with E-state index in [0.29, 0.717) is 17.7 Å². The summed E-state index contributed by atoms with van der Waals surface area (Å²) in [4.78, 5) is 13.9. The van der Waals surface area contributed by atoms with Crippen LogP contribution >= 0.6 is 0 Å². The van der Waals surface area contributed by atoms with Crippen molar-refractivity contribution in [3.05, 3.63) is 70.8 Å². The van der Waals surface area contributed by atoms with Crippen LogP contribution in [-0.4, -0.2) is 42.8 Å². The van der Waals surface area contributed by atoms with Gasteiger partial charge in [-0.1, -0.05) is 30.3 Å². The van der Waals surface area contributed by atoms with E-state index in [2.05, 4.69) is 0 Å². The highest BCUT2D eigenvalue weighted by molar-refractivity contribution is 5.80. The quantitative estimate of drug-likeness (QED) is 0.532. The van der Waals surface area contributed by atoms with Gasteiger partial charge in [0, 0.05) is 6.54 Å². The minimum Gasteiger partial charge on any atom is -0.368 e. The number of morpholine rings is 1. The molecule has 4 N–H and O–H groups in total. The first kappa shape index (κ1) is 26.9. The first-order valence-electron chi connectivity index (χ1n) is 10.7. The second kappa shape index (κ2) is 10.9. The summed E-state index contributed by atoms with van der Waals surface area (Å²) >= 11 is 0. The van der Waals surface area contributed by atoms with Crippen LogP contribution in [0.1, 0.15) is 34.7 Å². The maximum Gasteiger partial charge on any atom is 0.416 e. The number of carbonyl (C=O) groups is 1. The van der Waals surface area contributed by atoms with Gasteiger partial charge in [-0.15, -0.1) is 0 Å². The number of carbonyl (C=O) groups excluding carboxylic acids is 1. The summed E-state index contributed by atoms with van der Waals surface area (Å²) in [6.45, 7) is -0.0387. The molecule has 0 aliphatic carbocycles. The molecule has 3 atom stereocenters. The molecule has 1 amide bonds. The van der Waals surface area contributed by atoms with Crippen molar-refractivity contribution in [3.63, 3.8) is 0 Å². The van der Waals surface area contributed by atoms with Crippen molar-refractivity contribution in [1.29, 1.82) is 0 Å². The lowest BCUT2D eigenvalue weighted by Gasteiger charge is -2.44. The number of ether oxygens (including phenoxy) is 2. The lowest BCUT2D eigenvalue weighted by atomic mass is 9.99. The zero-order chi connectivity index (χ0) is 25.8. The van der Waals surface area contributed by atoms with E-state index in [-0.39, 0.29) is 37.7 Å². The van der Waals surface area contributed by atoms with E-state index in [1.807, 2.05) is 0 Å². The molecule has 0 radical (unpaired) electrons. The van der Waals surface area contributed by atoms with Gasteiger partial charge in [0.1, 0.15) is 0 Å². The minimum absolute atomic E-state index is 0.0550. The van der Waals surface area contributed by atoms with Gasteiger partial charge in [0.15, 0.2) is 6.29 Å². The molecule has 1 fully saturated rings. The van der Waals surface area contributed by atoms with Gasteiger partial charge in [-0.3, -0.25) is 9.69 Å². The van der Waals surface area contributed by atoms with Crippen molar-refractivity contribution < 1.29 is 40.6 Å². The third kappa shape index (κ3) is 6.72. The van der Waals surface area contributed by atoms with Gasteiger partial charge in [0.25, 0.3) is 0 Å². The summed E-state index contributed by atoms with van der Waals surface area (Å²) in [5.41, 5.74) is 8.70. The van der Waals surface area contributed by atoms with Gasteiger partial charge in [0.05, 0.1) is 36.4 Å². The molecule has 0 spiro atoms. The molecule has 2 aromatic rings. The Labute approximate surface area is 197 Å². The number of amides is 1. The lowest BCUT2D eigenvalue weighted by Crippen LogP contribution is -2.55. The maximum absolute atomic E-state index is 13.2. The Kier molecular flexibility index (Phi) is 8.42. The SMILES string of the molecule is NCCC(C(N)=O)N1CCO[C@H](OCc2cc(C(F)(F)F)cc(C(F)(F)F)c2)[C@@H]1c1ccccc1. The van der Waals surface area contributed by atoms with Crippen molar-refractivity contribution >= 4 is 5.91 Å². The summed E-state index contributed by atoms with van der Waals surface area (Å²) in [6.07, 6.45) is -10.8. The molecular formula is C23H25F6N3O3. The van der Waals surface area contributed by atoms with E-state index in [4.69, 9.17) is 20.9 Å². The number of primary amides is 1. The molecule has 1 unspecified atom stereocenters. The van der Waals surface area contributed by atoms with E-state index in [1.165, 1.54) is 0 Å². The Hall–Kier alpha value is -2.67. The predicted octanol–water partition coefficient (Wildman–Crippen LogP) is 3.84. The zero-order valence-corrected chi connectivity index (χ0v) is 18.5. The van der Waals surface area contributed by atoms with Gasteiger partial charge < -0.3 is 20.9 Å². The molecule has 1 heterocycles. The van der Waals surface area contributed by atoms with E-state index in [0.717, 1.165) is 0 Å². The average molecular weight is 505 g/mol. The minimum atomic E-state index is -4.97. The summed E-state index contributed by atoms with van der Waals surface area (Å²) < 4.78 is 90.7. The van der Waals surface area contributed by atoms with Crippen LogP contribution in [0, 0.1) is 0 Å². The van der Waals surface area contributed by atoms with Gasteiger partial charge in [-0.25, -0.2) is 0 Å². The monoisotopic (exact) mass is 505 g/mol. The van der Waals surface area contributed by atoms with Crippen LogP contribution in [-0.2, 0) is 33.2 Å². The first-order valence-corrected chi connectivity index (χ1v) is 10.7. The topological polar surface area (TPSA) is 90.8 Å². The second-order valence-electron chi connectivity index (χ2n) is 8.05. The number of nitrogens with zero attached hydrogens (tertiary/aromatic N) is 1. The smallest absolute Gasteiger partial charge is 0.368 e. The van der Waals surface area contributed by atoms with Crippen LogP contribution in [0.2, 0.25) is 0 Å². The third-order valence-corrected chi connectivity index (χ3v) is 5.62. The third-order valence-electron chi connectivity index (χ3n) is 5.62. The molecule has 0 saturated carbocycles. The molecule has 6 nitrogen and oxygen atoms in total. The van der Waals surface area contributed by atoms with Crippen molar-refractivity contribution in [2.24, 2.45) is 11.5 Å². The van der Waals surface area contributed by atoms with E-state index >= 15 is 0 Å². The summed E-state index contributed by atoms with van der Waals surface area (Å²) in [5, 5.41) is 0. The Morgan fingerprint density at radius 2 is 1.66 bits per heavy atom. The normalized spacial score (nSPS) is 20.5. The van der Waals surface area contributed by atoms with Crippen LogP contribution in [0.25, 0.3) is 0 Å². The molecule has 1 saturated heterocycles. The number of rotatable bonds is 8. The zero-order valence-electron chi connectivity index (χ0n) is 18.5. The maximum atomic E-state index is 13.2. The van der Waals surface area contributed by atoms with Crippen LogP contribution in [0.3, 0.4) is 0 Å². The van der Waals surface area contributed by atoms with Crippen molar-refractivity contribution in [2.75, 3.05) is 19.7 Å². The number of halogens is 6. The molecule has 0 bridgehead atoms. The van der Waals surface area contributed by atoms with E-state index < -0.39 is 54.4 Å². The highest BCUT2D eigenvalue weighted by atomic mass is 19.4. The molecule has 1 aliphatic heterocycles. The number of hydrogen-bond acceptors (Lipinski definition) is 5. The van der Waals surface area contributed by atoms with Gasteiger partial charge in [0.2, 0.25) is 5.91 Å². The van der Waals surface area contributed by atoms with Gasteiger partial charge >= 0.3 is 12.4 Å². The Balaban J connectivity index is 1.93. The predicted molar refractivity (Wildman–Crippen MR) is 114 cm³/mol. The molecule has 3 rings (SSSR count). The summed E-state index contributed by atoms with van der Waals surface area (Å²) in [6, 6.07) is 8.52. The van der Waals surface area contributed by atoms with Crippen molar-refractivity contribution in [3.8, 4) is 0 Å². The van der Waals surface area contributed by atoms with E-state index in [9.17, 15) is 31.1 Å². The fourth-order valence-electron chi connectivity index (χ4n) is 4.06. The van der Waals surface area contributed by atoms with Crippen LogP contribution in [0.15, 0.2) is 48.5 Å². The number of benzene rings is 2. The molecule has 12 heteroatoms. The molecular weight excluding hydrogens is 480 g/mol. The van der Waals surface area contributed by atoms with E-state index in [1.54, 1.807) is 35.2 Å². The van der Waals surface area contributed by atoms with Crippen molar-refractivity contribution in [2.45, 2.75) is 43.8 Å². The average Bonchev–Trinajstić information content (AvgIpc) is 2.80. The number of nitrogens with two attached hydrogens (primary N) is 2. The Morgan fingerprint density at radius 1 is 1.06 bits per heavy atom. The lowest BCUT2D eigenvalue weighted by molar-refractivity contribution is -0.222. The second-order valence-corrected chi connectivity index (χ2v) is 8.05. The number of alkyl halides is 6. The van der Waals surface area contributed by atoms with Crippen molar-refractivity contribution in [1.82, 2.24) is 4.90 Å². The Morgan fingerprint density at radius 3 is 2.17 bits per heavy atom. The molecule has 2 aromatic carbocycles. The molecule has 192 valence electrons. The summed E-state index contributed by atoms with van der Waals surface area (Å²) in [7, 11) is 0. The molecule has 0 aromatic heterocycles. The largest absolute Gasteiger partial charge is 0.416 e. The Bertz CT molecular complexity index is 968. The fourth-order valence-corrected chi connectivity index (χ4v) is 4.06.